The van der Waals surface area contributed by atoms with Crippen LogP contribution in [0, 0.1) is 13.8 Å². The number of rotatable bonds is 5. The highest BCUT2D eigenvalue weighted by molar-refractivity contribution is 7.99. The number of carbonyl (C=O) groups excluding carboxylic acids is 1. The third-order valence-electron chi connectivity index (χ3n) is 5.67. The van der Waals surface area contributed by atoms with Crippen molar-refractivity contribution < 1.29 is 13.9 Å². The van der Waals surface area contributed by atoms with Crippen molar-refractivity contribution in [2.75, 3.05) is 18.2 Å². The summed E-state index contributed by atoms with van der Waals surface area (Å²) in [7, 11) is 3.24. The number of thiophene rings is 1. The lowest BCUT2D eigenvalue weighted by molar-refractivity contribution is -0.113. The van der Waals surface area contributed by atoms with E-state index in [0.717, 1.165) is 26.8 Å². The second-order valence-electron chi connectivity index (χ2n) is 7.71. The van der Waals surface area contributed by atoms with Gasteiger partial charge in [-0.25, -0.2) is 4.98 Å². The topological polar surface area (TPSA) is 86.4 Å². The summed E-state index contributed by atoms with van der Waals surface area (Å²) in [6, 6.07) is 11.4. The molecule has 0 bridgehead atoms. The van der Waals surface area contributed by atoms with Gasteiger partial charge in [0.15, 0.2) is 5.16 Å². The van der Waals surface area contributed by atoms with E-state index in [-0.39, 0.29) is 17.2 Å². The number of fused-ring (bicyclic) bond motifs is 4. The maximum absolute atomic E-state index is 12.8. The molecule has 0 radical (unpaired) electrons. The van der Waals surface area contributed by atoms with Gasteiger partial charge in [-0.05, 0) is 31.5 Å². The van der Waals surface area contributed by atoms with Crippen LogP contribution in [0.3, 0.4) is 0 Å². The number of anilines is 1. The van der Waals surface area contributed by atoms with Gasteiger partial charge in [-0.3, -0.25) is 14.2 Å². The number of thioether (sulfide) groups is 1. The van der Waals surface area contributed by atoms with Crippen molar-refractivity contribution in [3.05, 3.63) is 57.2 Å². The van der Waals surface area contributed by atoms with E-state index < -0.39 is 0 Å². The molecule has 5 rings (SSSR count). The fourth-order valence-corrected chi connectivity index (χ4v) is 5.66. The van der Waals surface area contributed by atoms with Crippen LogP contribution in [0.5, 0.6) is 5.75 Å². The number of aryl methyl sites for hydroxylation is 2. The molecule has 0 saturated heterocycles. The highest BCUT2D eigenvalue weighted by Gasteiger charge is 2.17. The summed E-state index contributed by atoms with van der Waals surface area (Å²) in [5.41, 5.74) is 2.83. The number of para-hydroxylation sites is 1. The third kappa shape index (κ3) is 3.67. The van der Waals surface area contributed by atoms with Crippen molar-refractivity contribution in [3.8, 4) is 5.75 Å². The largest absolute Gasteiger partial charge is 0.495 e. The summed E-state index contributed by atoms with van der Waals surface area (Å²) in [5.74, 6) is 0.404. The first-order valence-corrected chi connectivity index (χ1v) is 12.1. The van der Waals surface area contributed by atoms with Crippen LogP contribution in [-0.2, 0) is 11.8 Å². The summed E-state index contributed by atoms with van der Waals surface area (Å²) in [6.45, 7) is 3.91. The number of nitrogens with one attached hydrogen (secondary N) is 1. The molecule has 2 aromatic carbocycles. The summed E-state index contributed by atoms with van der Waals surface area (Å²) >= 11 is 2.72. The zero-order chi connectivity index (χ0) is 23.3. The molecule has 0 aliphatic heterocycles. The van der Waals surface area contributed by atoms with Crippen molar-refractivity contribution in [1.29, 1.82) is 0 Å². The molecule has 33 heavy (non-hydrogen) atoms. The van der Waals surface area contributed by atoms with E-state index >= 15 is 0 Å². The molecular weight excluding hydrogens is 458 g/mol. The van der Waals surface area contributed by atoms with E-state index in [9.17, 15) is 9.59 Å². The number of hydrogen-bond acceptors (Lipinski definition) is 7. The SMILES string of the molecule is COc1cc2c(cc1NC(=O)CSc1nc3sc(C)c(C)c3c(=O)n1C)oc1ccccc12. The molecule has 0 aliphatic rings. The maximum atomic E-state index is 12.8. The first kappa shape index (κ1) is 21.5. The van der Waals surface area contributed by atoms with Crippen LogP contribution in [0.25, 0.3) is 32.2 Å². The summed E-state index contributed by atoms with van der Waals surface area (Å²) in [4.78, 5) is 31.9. The van der Waals surface area contributed by atoms with E-state index in [1.807, 2.05) is 44.2 Å². The number of amides is 1. The lowest BCUT2D eigenvalue weighted by Crippen LogP contribution is -2.21. The lowest BCUT2D eigenvalue weighted by atomic mass is 10.1. The Kier molecular flexibility index (Phi) is 5.38. The first-order valence-electron chi connectivity index (χ1n) is 10.3. The molecule has 0 unspecified atom stereocenters. The Balaban J connectivity index is 1.40. The number of aromatic nitrogens is 2. The highest BCUT2D eigenvalue weighted by atomic mass is 32.2. The molecule has 9 heteroatoms. The Bertz CT molecular complexity index is 1610. The number of methoxy groups -OCH3 is 1. The monoisotopic (exact) mass is 479 g/mol. The Morgan fingerprint density at radius 3 is 2.79 bits per heavy atom. The van der Waals surface area contributed by atoms with Gasteiger partial charge in [0.25, 0.3) is 5.56 Å². The minimum atomic E-state index is -0.235. The molecule has 0 aliphatic carbocycles. The van der Waals surface area contributed by atoms with Gasteiger partial charge < -0.3 is 14.5 Å². The van der Waals surface area contributed by atoms with E-state index in [1.165, 1.54) is 27.7 Å². The quantitative estimate of drug-likeness (QED) is 0.274. The van der Waals surface area contributed by atoms with Gasteiger partial charge in [-0.15, -0.1) is 11.3 Å². The fourth-order valence-electron chi connectivity index (χ4n) is 3.82. The van der Waals surface area contributed by atoms with Gasteiger partial charge in [0.2, 0.25) is 5.91 Å². The van der Waals surface area contributed by atoms with Gasteiger partial charge in [-0.1, -0.05) is 30.0 Å². The van der Waals surface area contributed by atoms with Crippen LogP contribution >= 0.6 is 23.1 Å². The zero-order valence-corrected chi connectivity index (χ0v) is 20.1. The summed E-state index contributed by atoms with van der Waals surface area (Å²) < 4.78 is 12.9. The summed E-state index contributed by atoms with van der Waals surface area (Å²) in [6.07, 6.45) is 0. The summed E-state index contributed by atoms with van der Waals surface area (Å²) in [5, 5.41) is 5.96. The molecule has 1 amide bonds. The Labute approximate surface area is 197 Å². The van der Waals surface area contributed by atoms with Crippen molar-refractivity contribution >= 4 is 66.8 Å². The highest BCUT2D eigenvalue weighted by Crippen LogP contribution is 2.36. The zero-order valence-electron chi connectivity index (χ0n) is 18.5. The molecule has 3 aromatic heterocycles. The van der Waals surface area contributed by atoms with Gasteiger partial charge in [0, 0.05) is 28.8 Å². The van der Waals surface area contributed by atoms with Crippen molar-refractivity contribution in [1.82, 2.24) is 9.55 Å². The minimum Gasteiger partial charge on any atom is -0.495 e. The number of furan rings is 1. The van der Waals surface area contributed by atoms with Gasteiger partial charge in [-0.2, -0.15) is 0 Å². The minimum absolute atomic E-state index is 0.0937. The fraction of sp³-hybridized carbons (Fsp3) is 0.208. The van der Waals surface area contributed by atoms with Crippen LogP contribution in [0.1, 0.15) is 10.4 Å². The van der Waals surface area contributed by atoms with E-state index in [1.54, 1.807) is 20.2 Å². The van der Waals surface area contributed by atoms with Crippen molar-refractivity contribution in [2.45, 2.75) is 19.0 Å². The average Bonchev–Trinajstić information content (AvgIpc) is 3.30. The second kappa shape index (κ2) is 8.24. The van der Waals surface area contributed by atoms with Crippen LogP contribution < -0.4 is 15.6 Å². The van der Waals surface area contributed by atoms with Gasteiger partial charge in [0.05, 0.1) is 23.9 Å². The van der Waals surface area contributed by atoms with E-state index in [4.69, 9.17) is 9.15 Å². The lowest BCUT2D eigenvalue weighted by Gasteiger charge is -2.11. The molecule has 168 valence electrons. The Morgan fingerprint density at radius 1 is 1.21 bits per heavy atom. The predicted molar refractivity (Wildman–Crippen MR) is 134 cm³/mol. The molecular formula is C24H21N3O4S2. The number of benzene rings is 2. The third-order valence-corrected chi connectivity index (χ3v) is 7.81. The van der Waals surface area contributed by atoms with E-state index in [0.29, 0.717) is 32.4 Å². The van der Waals surface area contributed by atoms with Crippen LogP contribution in [-0.4, -0.2) is 28.3 Å². The van der Waals surface area contributed by atoms with Crippen LogP contribution in [0.2, 0.25) is 0 Å². The molecule has 0 saturated carbocycles. The number of carbonyl (C=O) groups is 1. The van der Waals surface area contributed by atoms with E-state index in [2.05, 4.69) is 10.3 Å². The van der Waals surface area contributed by atoms with Gasteiger partial charge >= 0.3 is 0 Å². The smallest absolute Gasteiger partial charge is 0.262 e. The van der Waals surface area contributed by atoms with Crippen molar-refractivity contribution in [2.24, 2.45) is 7.05 Å². The van der Waals surface area contributed by atoms with Crippen LogP contribution in [0.15, 0.2) is 50.8 Å². The van der Waals surface area contributed by atoms with Crippen LogP contribution in [0.4, 0.5) is 5.69 Å². The molecule has 1 N–H and O–H groups in total. The molecule has 0 fully saturated rings. The molecule has 3 heterocycles. The normalized spacial score (nSPS) is 11.5. The standard InChI is InChI=1S/C24H21N3O4S2/c1-12-13(2)33-22-21(12)23(29)27(3)24(26-22)32-11-20(28)25-16-10-18-15(9-19(16)30-4)14-7-5-6-8-17(14)31-18/h5-10H,11H2,1-4H3,(H,25,28). The molecule has 0 atom stereocenters. The van der Waals surface area contributed by atoms with Crippen molar-refractivity contribution in [3.63, 3.8) is 0 Å². The number of nitrogens with zero attached hydrogens (tertiary/aromatic N) is 2. The maximum Gasteiger partial charge on any atom is 0.262 e. The average molecular weight is 480 g/mol. The molecule has 7 nitrogen and oxygen atoms in total. The Hall–Kier alpha value is -3.30. The number of ether oxygens (including phenoxy) is 1. The Morgan fingerprint density at radius 2 is 2.00 bits per heavy atom. The molecule has 0 spiro atoms. The predicted octanol–water partition coefficient (Wildman–Crippen LogP) is 5.25. The molecule has 5 aromatic rings. The van der Waals surface area contributed by atoms with Gasteiger partial charge in [0.1, 0.15) is 21.7 Å². The number of hydrogen-bond donors (Lipinski definition) is 1. The first-order chi connectivity index (χ1) is 15.9. The second-order valence-corrected chi connectivity index (χ2v) is 9.85.